The van der Waals surface area contributed by atoms with Crippen LogP contribution in [-0.4, -0.2) is 31.6 Å². The predicted molar refractivity (Wildman–Crippen MR) is 96.9 cm³/mol. The van der Waals surface area contributed by atoms with Crippen LogP contribution >= 0.6 is 0 Å². The number of benzene rings is 1. The van der Waals surface area contributed by atoms with Gasteiger partial charge in [0.05, 0.1) is 31.9 Å². The zero-order valence-corrected chi connectivity index (χ0v) is 15.0. The van der Waals surface area contributed by atoms with Gasteiger partial charge in [-0.25, -0.2) is 0 Å². The molecule has 0 saturated carbocycles. The van der Waals surface area contributed by atoms with Gasteiger partial charge >= 0.3 is 5.97 Å². The molecule has 6 nitrogen and oxygen atoms in total. The van der Waals surface area contributed by atoms with Gasteiger partial charge in [0.1, 0.15) is 6.54 Å². The summed E-state index contributed by atoms with van der Waals surface area (Å²) in [5.41, 5.74) is 1.91. The number of piperidine rings is 1. The predicted octanol–water partition coefficient (Wildman–Crippen LogP) is 1.89. The van der Waals surface area contributed by atoms with Crippen molar-refractivity contribution >= 4 is 17.6 Å². The first-order valence-corrected chi connectivity index (χ1v) is 9.09. The lowest BCUT2D eigenvalue weighted by Gasteiger charge is -2.28. The van der Waals surface area contributed by atoms with E-state index >= 15 is 0 Å². The molecule has 0 unspecified atom stereocenters. The molecule has 26 heavy (non-hydrogen) atoms. The highest BCUT2D eigenvalue weighted by atomic mass is 16.5. The molecule has 2 heterocycles. The summed E-state index contributed by atoms with van der Waals surface area (Å²) in [6, 6.07) is 11.2. The molecule has 2 N–H and O–H groups in total. The minimum absolute atomic E-state index is 0.0395. The second-order valence-corrected chi connectivity index (χ2v) is 6.58. The second kappa shape index (κ2) is 8.67. The molecule has 0 aliphatic carbocycles. The maximum atomic E-state index is 12.1. The van der Waals surface area contributed by atoms with Gasteiger partial charge in [-0.3, -0.25) is 9.59 Å². The van der Waals surface area contributed by atoms with E-state index < -0.39 is 0 Å². The maximum absolute atomic E-state index is 12.1. The van der Waals surface area contributed by atoms with E-state index in [1.165, 1.54) is 11.2 Å². The van der Waals surface area contributed by atoms with Crippen LogP contribution in [0.15, 0.2) is 47.1 Å². The van der Waals surface area contributed by atoms with E-state index in [2.05, 4.69) is 11.4 Å². The molecule has 0 radical (unpaired) electrons. The van der Waals surface area contributed by atoms with Crippen molar-refractivity contribution in [2.45, 2.75) is 26.3 Å². The van der Waals surface area contributed by atoms with Gasteiger partial charge in [0, 0.05) is 24.1 Å². The molecule has 6 heteroatoms. The summed E-state index contributed by atoms with van der Waals surface area (Å²) >= 11 is 0. The Labute approximate surface area is 153 Å². The molecular weight excluding hydrogens is 332 g/mol. The topological polar surface area (TPSA) is 73.0 Å². The van der Waals surface area contributed by atoms with Crippen LogP contribution in [0.25, 0.3) is 0 Å². The number of quaternary nitrogens is 1. The number of ether oxygens (including phenoxy) is 1. The molecule has 138 valence electrons. The van der Waals surface area contributed by atoms with Crippen molar-refractivity contribution < 1.29 is 23.6 Å². The SMILES string of the molecule is CCOC(=O)C1CC[NH+](Cc2cccc(NC(=O)c3ccco3)c2)CC1. The normalized spacial score (nSPS) is 19.7. The van der Waals surface area contributed by atoms with Crippen LogP contribution in [-0.2, 0) is 16.1 Å². The summed E-state index contributed by atoms with van der Waals surface area (Å²) < 4.78 is 10.2. The van der Waals surface area contributed by atoms with Crippen LogP contribution in [0.2, 0.25) is 0 Å². The molecule has 2 aromatic rings. The lowest BCUT2D eigenvalue weighted by atomic mass is 9.96. The number of rotatable bonds is 6. The third-order valence-corrected chi connectivity index (χ3v) is 4.70. The molecule has 1 aliphatic rings. The molecule has 1 aromatic carbocycles. The van der Waals surface area contributed by atoms with Crippen LogP contribution in [0.5, 0.6) is 0 Å². The van der Waals surface area contributed by atoms with Gasteiger partial charge in [-0.15, -0.1) is 0 Å². The van der Waals surface area contributed by atoms with Crippen molar-refractivity contribution in [3.05, 3.63) is 54.0 Å². The average Bonchev–Trinajstić information content (AvgIpc) is 3.18. The molecule has 1 aromatic heterocycles. The summed E-state index contributed by atoms with van der Waals surface area (Å²) in [7, 11) is 0. The standard InChI is InChI=1S/C20H24N2O4/c1-2-25-20(24)16-8-10-22(11-9-16)14-15-5-3-6-17(13-15)21-19(23)18-7-4-12-26-18/h3-7,12-13,16H,2,8-11,14H2,1H3,(H,21,23)/p+1. The quantitative estimate of drug-likeness (QED) is 0.775. The van der Waals surface area contributed by atoms with E-state index in [0.29, 0.717) is 12.4 Å². The van der Waals surface area contributed by atoms with E-state index in [9.17, 15) is 9.59 Å². The highest BCUT2D eigenvalue weighted by molar-refractivity contribution is 6.02. The number of hydrogen-bond donors (Lipinski definition) is 2. The van der Waals surface area contributed by atoms with Gasteiger partial charge < -0.3 is 19.4 Å². The number of hydrogen-bond acceptors (Lipinski definition) is 4. The third kappa shape index (κ3) is 4.73. The first-order chi connectivity index (χ1) is 12.7. The van der Waals surface area contributed by atoms with Crippen LogP contribution in [0, 0.1) is 5.92 Å². The first-order valence-electron chi connectivity index (χ1n) is 9.09. The van der Waals surface area contributed by atoms with Gasteiger partial charge in [-0.1, -0.05) is 12.1 Å². The number of esters is 1. The van der Waals surface area contributed by atoms with Gasteiger partial charge in [0.15, 0.2) is 5.76 Å². The maximum Gasteiger partial charge on any atom is 0.309 e. The van der Waals surface area contributed by atoms with E-state index in [0.717, 1.165) is 43.7 Å². The Hall–Kier alpha value is -2.60. The fourth-order valence-electron chi connectivity index (χ4n) is 3.35. The Morgan fingerprint density at radius 1 is 1.23 bits per heavy atom. The number of carbonyl (C=O) groups is 2. The number of anilines is 1. The highest BCUT2D eigenvalue weighted by Crippen LogP contribution is 2.14. The Morgan fingerprint density at radius 2 is 2.04 bits per heavy atom. The van der Waals surface area contributed by atoms with E-state index in [4.69, 9.17) is 9.15 Å². The largest absolute Gasteiger partial charge is 0.466 e. The Kier molecular flexibility index (Phi) is 6.07. The molecule has 0 atom stereocenters. The first kappa shape index (κ1) is 18.2. The summed E-state index contributed by atoms with van der Waals surface area (Å²) in [6.45, 7) is 5.07. The molecule has 1 aliphatic heterocycles. The minimum Gasteiger partial charge on any atom is -0.466 e. The minimum atomic E-state index is -0.255. The lowest BCUT2D eigenvalue weighted by Crippen LogP contribution is -3.11. The summed E-state index contributed by atoms with van der Waals surface area (Å²) in [5, 5.41) is 2.85. The van der Waals surface area contributed by atoms with Crippen molar-refractivity contribution in [3.63, 3.8) is 0 Å². The fourth-order valence-corrected chi connectivity index (χ4v) is 3.35. The molecule has 1 amide bonds. The Morgan fingerprint density at radius 3 is 2.73 bits per heavy atom. The van der Waals surface area contributed by atoms with E-state index in [-0.39, 0.29) is 17.8 Å². The molecule has 1 saturated heterocycles. The fraction of sp³-hybridized carbons (Fsp3) is 0.400. The van der Waals surface area contributed by atoms with Crippen LogP contribution in [0.4, 0.5) is 5.69 Å². The summed E-state index contributed by atoms with van der Waals surface area (Å²) in [4.78, 5) is 25.3. The van der Waals surface area contributed by atoms with Crippen molar-refractivity contribution in [1.29, 1.82) is 0 Å². The zero-order chi connectivity index (χ0) is 18.4. The van der Waals surface area contributed by atoms with Crippen LogP contribution in [0.1, 0.15) is 35.9 Å². The molecule has 1 fully saturated rings. The number of likely N-dealkylation sites (tertiary alicyclic amines) is 1. The van der Waals surface area contributed by atoms with Crippen molar-refractivity contribution in [2.75, 3.05) is 25.0 Å². The molecule has 0 bridgehead atoms. The zero-order valence-electron chi connectivity index (χ0n) is 15.0. The number of amides is 1. The van der Waals surface area contributed by atoms with Gasteiger partial charge in [0.2, 0.25) is 0 Å². The summed E-state index contributed by atoms with van der Waals surface area (Å²) in [6.07, 6.45) is 3.21. The van der Waals surface area contributed by atoms with E-state index in [1.54, 1.807) is 12.1 Å². The van der Waals surface area contributed by atoms with Crippen LogP contribution in [0.3, 0.4) is 0 Å². The highest BCUT2D eigenvalue weighted by Gasteiger charge is 2.28. The van der Waals surface area contributed by atoms with Gasteiger partial charge in [-0.05, 0) is 31.2 Å². The van der Waals surface area contributed by atoms with Crippen LogP contribution < -0.4 is 10.2 Å². The Balaban J connectivity index is 1.53. The summed E-state index contributed by atoms with van der Waals surface area (Å²) in [5.74, 6) is 0.0172. The molecule has 0 spiro atoms. The number of furan rings is 1. The second-order valence-electron chi connectivity index (χ2n) is 6.58. The van der Waals surface area contributed by atoms with Gasteiger partial charge in [-0.2, -0.15) is 0 Å². The number of carbonyl (C=O) groups excluding carboxylic acids is 2. The lowest BCUT2D eigenvalue weighted by molar-refractivity contribution is -0.919. The smallest absolute Gasteiger partial charge is 0.309 e. The molecule has 3 rings (SSSR count). The van der Waals surface area contributed by atoms with E-state index in [1.807, 2.05) is 25.1 Å². The Bertz CT molecular complexity index is 734. The number of nitrogens with one attached hydrogen (secondary N) is 2. The molecular formula is C20H25N2O4+. The van der Waals surface area contributed by atoms with Crippen molar-refractivity contribution in [2.24, 2.45) is 5.92 Å². The average molecular weight is 357 g/mol. The van der Waals surface area contributed by atoms with Crippen molar-refractivity contribution in [3.8, 4) is 0 Å². The van der Waals surface area contributed by atoms with Crippen molar-refractivity contribution in [1.82, 2.24) is 0 Å². The third-order valence-electron chi connectivity index (χ3n) is 4.70. The van der Waals surface area contributed by atoms with Gasteiger partial charge in [0.25, 0.3) is 5.91 Å². The monoisotopic (exact) mass is 357 g/mol.